The van der Waals surface area contributed by atoms with E-state index in [-0.39, 0.29) is 30.8 Å². The fourth-order valence-corrected chi connectivity index (χ4v) is 4.86. The van der Waals surface area contributed by atoms with Crippen molar-refractivity contribution in [1.82, 2.24) is 0 Å². The Morgan fingerprint density at radius 2 is 1.58 bits per heavy atom. The van der Waals surface area contributed by atoms with E-state index in [1.165, 1.54) is 5.56 Å². The van der Waals surface area contributed by atoms with Gasteiger partial charge in [0.15, 0.2) is 0 Å². The van der Waals surface area contributed by atoms with Gasteiger partial charge in [-0.05, 0) is 52.1 Å². The third-order valence-corrected chi connectivity index (χ3v) is 6.97. The van der Waals surface area contributed by atoms with Crippen LogP contribution in [0.2, 0.25) is 0 Å². The Hall–Kier alpha value is -3.44. The molecule has 5 heteroatoms. The standard InChI is InChI=1S/C31H35NO4/c1-29(2,3)23-13-11-21(12-14-23)18-31(35,20-30(4,5)24-9-7-6-8-10-24)28(34)32-25-15-16-26-22(17-25)19-36-27(26)33/h6-17,35H,18-20H2,1-5H3,(H,32,34). The van der Waals surface area contributed by atoms with E-state index in [4.69, 9.17) is 4.74 Å². The first-order chi connectivity index (χ1) is 16.9. The van der Waals surface area contributed by atoms with Crippen LogP contribution in [0.1, 0.15) is 73.7 Å². The first-order valence-electron chi connectivity index (χ1n) is 12.4. The molecule has 0 spiro atoms. The molecule has 4 rings (SSSR count). The lowest BCUT2D eigenvalue weighted by molar-refractivity contribution is -0.136. The number of carbonyl (C=O) groups excluding carboxylic acids is 2. The molecule has 0 bridgehead atoms. The van der Waals surface area contributed by atoms with E-state index in [2.05, 4.69) is 38.2 Å². The summed E-state index contributed by atoms with van der Waals surface area (Å²) in [5, 5.41) is 14.9. The molecule has 1 amide bonds. The minimum atomic E-state index is -1.67. The number of ether oxygens (including phenoxy) is 1. The second-order valence-corrected chi connectivity index (χ2v) is 11.5. The molecule has 0 fully saturated rings. The minimum absolute atomic E-state index is 0.0141. The van der Waals surface area contributed by atoms with Crippen molar-refractivity contribution < 1.29 is 19.4 Å². The molecule has 1 heterocycles. The molecule has 2 N–H and O–H groups in total. The maximum Gasteiger partial charge on any atom is 0.338 e. The summed E-state index contributed by atoms with van der Waals surface area (Å²) in [6.07, 6.45) is 0.398. The van der Waals surface area contributed by atoms with Gasteiger partial charge in [0.2, 0.25) is 0 Å². The van der Waals surface area contributed by atoms with Gasteiger partial charge >= 0.3 is 5.97 Å². The van der Waals surface area contributed by atoms with Gasteiger partial charge in [-0.1, -0.05) is 89.2 Å². The monoisotopic (exact) mass is 485 g/mol. The quantitative estimate of drug-likeness (QED) is 0.407. The number of amides is 1. The second kappa shape index (κ2) is 9.55. The first kappa shape index (κ1) is 25.6. The van der Waals surface area contributed by atoms with Crippen molar-refractivity contribution in [2.75, 3.05) is 5.32 Å². The third-order valence-electron chi connectivity index (χ3n) is 6.97. The fourth-order valence-electron chi connectivity index (χ4n) is 4.86. The van der Waals surface area contributed by atoms with Gasteiger partial charge in [0.05, 0.1) is 5.56 Å². The second-order valence-electron chi connectivity index (χ2n) is 11.5. The molecule has 0 saturated carbocycles. The lowest BCUT2D eigenvalue weighted by Gasteiger charge is -2.36. The average Bonchev–Trinajstić information content (AvgIpc) is 3.19. The zero-order valence-corrected chi connectivity index (χ0v) is 21.7. The molecule has 3 aromatic rings. The van der Waals surface area contributed by atoms with Crippen molar-refractivity contribution in [2.45, 2.75) is 70.5 Å². The summed E-state index contributed by atoms with van der Waals surface area (Å²) in [5.74, 6) is -0.834. The van der Waals surface area contributed by atoms with Gasteiger partial charge in [-0.3, -0.25) is 4.79 Å². The minimum Gasteiger partial charge on any atom is -0.457 e. The average molecular weight is 486 g/mol. The molecule has 0 aromatic heterocycles. The lowest BCUT2D eigenvalue weighted by atomic mass is 9.73. The van der Waals surface area contributed by atoms with Crippen LogP contribution in [-0.4, -0.2) is 22.6 Å². The van der Waals surface area contributed by atoms with Crippen LogP contribution in [0.4, 0.5) is 5.69 Å². The van der Waals surface area contributed by atoms with Crippen LogP contribution < -0.4 is 5.32 Å². The molecule has 36 heavy (non-hydrogen) atoms. The molecule has 5 nitrogen and oxygen atoms in total. The summed E-state index contributed by atoms with van der Waals surface area (Å²) in [4.78, 5) is 25.5. The maximum absolute atomic E-state index is 13.7. The largest absolute Gasteiger partial charge is 0.457 e. The van der Waals surface area contributed by atoms with Crippen molar-refractivity contribution in [2.24, 2.45) is 0 Å². The molecule has 0 radical (unpaired) electrons. The van der Waals surface area contributed by atoms with Gasteiger partial charge in [0, 0.05) is 17.7 Å². The predicted octanol–water partition coefficient (Wildman–Crippen LogP) is 5.93. The SMILES string of the molecule is CC(C)(C)c1ccc(CC(O)(CC(C)(C)c2ccccc2)C(=O)Nc2ccc3c(c2)COC3=O)cc1. The summed E-state index contributed by atoms with van der Waals surface area (Å²) < 4.78 is 5.08. The number of aliphatic hydroxyl groups is 1. The summed E-state index contributed by atoms with van der Waals surface area (Å²) in [6.45, 7) is 10.7. The number of anilines is 1. The molecule has 0 saturated heterocycles. The van der Waals surface area contributed by atoms with E-state index >= 15 is 0 Å². The maximum atomic E-state index is 13.7. The number of esters is 1. The summed E-state index contributed by atoms with van der Waals surface area (Å²) in [5.41, 5.74) is 2.77. The van der Waals surface area contributed by atoms with Gasteiger partial charge in [0.25, 0.3) is 5.91 Å². The van der Waals surface area contributed by atoms with Crippen molar-refractivity contribution in [3.8, 4) is 0 Å². The van der Waals surface area contributed by atoms with Crippen LogP contribution >= 0.6 is 0 Å². The fraction of sp³-hybridized carbons (Fsp3) is 0.355. The normalized spacial score (nSPS) is 15.1. The highest BCUT2D eigenvalue weighted by Gasteiger charge is 2.42. The Labute approximate surface area is 213 Å². The zero-order valence-electron chi connectivity index (χ0n) is 21.7. The Bertz CT molecular complexity index is 1260. The highest BCUT2D eigenvalue weighted by molar-refractivity contribution is 5.99. The molecule has 1 aliphatic heterocycles. The van der Waals surface area contributed by atoms with Crippen LogP contribution in [-0.2, 0) is 33.4 Å². The van der Waals surface area contributed by atoms with E-state index < -0.39 is 16.9 Å². The van der Waals surface area contributed by atoms with Crippen LogP contribution in [0.25, 0.3) is 0 Å². The van der Waals surface area contributed by atoms with E-state index in [1.54, 1.807) is 18.2 Å². The number of nitrogens with one attached hydrogen (secondary N) is 1. The van der Waals surface area contributed by atoms with Crippen LogP contribution in [0.3, 0.4) is 0 Å². The van der Waals surface area contributed by atoms with Gasteiger partial charge in [0.1, 0.15) is 12.2 Å². The van der Waals surface area contributed by atoms with E-state index in [9.17, 15) is 14.7 Å². The number of carbonyl (C=O) groups is 2. The van der Waals surface area contributed by atoms with Gasteiger partial charge in [-0.25, -0.2) is 4.79 Å². The Morgan fingerprint density at radius 3 is 2.22 bits per heavy atom. The lowest BCUT2D eigenvalue weighted by Crippen LogP contribution is -2.49. The third kappa shape index (κ3) is 5.52. The topological polar surface area (TPSA) is 75.6 Å². The van der Waals surface area contributed by atoms with Crippen molar-refractivity contribution in [3.63, 3.8) is 0 Å². The highest BCUT2D eigenvalue weighted by Crippen LogP contribution is 2.35. The van der Waals surface area contributed by atoms with Crippen LogP contribution in [0.15, 0.2) is 72.8 Å². The highest BCUT2D eigenvalue weighted by atomic mass is 16.5. The number of fused-ring (bicyclic) bond motifs is 1. The summed E-state index contributed by atoms with van der Waals surface area (Å²) in [6, 6.07) is 23.1. The molecule has 1 aliphatic rings. The molecular weight excluding hydrogens is 450 g/mol. The Morgan fingerprint density at radius 1 is 0.917 bits per heavy atom. The molecule has 1 atom stereocenters. The first-order valence-corrected chi connectivity index (χ1v) is 12.4. The van der Waals surface area contributed by atoms with Gasteiger partial charge in [-0.2, -0.15) is 0 Å². The van der Waals surface area contributed by atoms with E-state index in [0.29, 0.717) is 11.3 Å². The predicted molar refractivity (Wildman–Crippen MR) is 142 cm³/mol. The van der Waals surface area contributed by atoms with Gasteiger partial charge in [-0.15, -0.1) is 0 Å². The number of hydrogen-bond acceptors (Lipinski definition) is 4. The van der Waals surface area contributed by atoms with Crippen molar-refractivity contribution >= 4 is 17.6 Å². The van der Waals surface area contributed by atoms with Crippen LogP contribution in [0, 0.1) is 0 Å². The van der Waals surface area contributed by atoms with Crippen molar-refractivity contribution in [3.05, 3.63) is 101 Å². The number of hydrogen-bond donors (Lipinski definition) is 2. The Kier molecular flexibility index (Phi) is 6.80. The molecule has 1 unspecified atom stereocenters. The van der Waals surface area contributed by atoms with Crippen molar-refractivity contribution in [1.29, 1.82) is 0 Å². The van der Waals surface area contributed by atoms with E-state index in [0.717, 1.165) is 16.7 Å². The van der Waals surface area contributed by atoms with E-state index in [1.807, 2.05) is 56.3 Å². The van der Waals surface area contributed by atoms with Crippen LogP contribution in [0.5, 0.6) is 0 Å². The number of rotatable bonds is 7. The Balaban J connectivity index is 1.64. The smallest absolute Gasteiger partial charge is 0.338 e. The summed E-state index contributed by atoms with van der Waals surface area (Å²) in [7, 11) is 0. The van der Waals surface area contributed by atoms with Gasteiger partial charge < -0.3 is 15.2 Å². The number of cyclic esters (lactones) is 1. The molecule has 188 valence electrons. The zero-order chi connectivity index (χ0) is 26.1. The molecule has 3 aromatic carbocycles. The summed E-state index contributed by atoms with van der Waals surface area (Å²) >= 11 is 0. The molecular formula is C31H35NO4. The number of benzene rings is 3. The molecule has 0 aliphatic carbocycles.